The zero-order valence-corrected chi connectivity index (χ0v) is 9.73. The fourth-order valence-corrected chi connectivity index (χ4v) is 1.80. The number of carboxylic acids is 1. The van der Waals surface area contributed by atoms with Crippen molar-refractivity contribution in [2.24, 2.45) is 0 Å². The first kappa shape index (κ1) is 10.9. The monoisotopic (exact) mass is 285 g/mol. The first-order valence-electron chi connectivity index (χ1n) is 4.58. The van der Waals surface area contributed by atoms with Gasteiger partial charge in [0.15, 0.2) is 5.58 Å². The van der Waals surface area contributed by atoms with E-state index in [-0.39, 0.29) is 13.0 Å². The number of benzene rings is 1. The Hall–Kier alpha value is -1.56. The van der Waals surface area contributed by atoms with Crippen LogP contribution >= 0.6 is 15.9 Å². The number of aromatic nitrogens is 1. The predicted octanol–water partition coefficient (Wildman–Crippen LogP) is 1.83. The van der Waals surface area contributed by atoms with Gasteiger partial charge in [0.05, 0.1) is 11.9 Å². The summed E-state index contributed by atoms with van der Waals surface area (Å²) in [6.45, 7) is 0.114. The maximum absolute atomic E-state index is 11.5. The lowest BCUT2D eigenvalue weighted by Crippen LogP contribution is -2.16. The number of carbonyl (C=O) groups is 1. The second kappa shape index (κ2) is 4.13. The maximum atomic E-state index is 11.5. The molecule has 0 saturated heterocycles. The predicted molar refractivity (Wildman–Crippen MR) is 60.4 cm³/mol. The SMILES string of the molecule is O=C(O)CCn1c(=O)oc2cc(Br)ccc21. The largest absolute Gasteiger partial charge is 0.481 e. The minimum atomic E-state index is -0.946. The van der Waals surface area contributed by atoms with Crippen LogP contribution in [0.5, 0.6) is 0 Å². The van der Waals surface area contributed by atoms with Gasteiger partial charge in [-0.05, 0) is 18.2 Å². The molecule has 16 heavy (non-hydrogen) atoms. The topological polar surface area (TPSA) is 72.4 Å². The standard InChI is InChI=1S/C10H8BrNO4/c11-6-1-2-7-8(5-6)16-10(15)12(7)4-3-9(13)14/h1-2,5H,3-4H2,(H,13,14). The van der Waals surface area contributed by atoms with E-state index in [9.17, 15) is 9.59 Å². The van der Waals surface area contributed by atoms with Crippen LogP contribution < -0.4 is 5.76 Å². The third-order valence-electron chi connectivity index (χ3n) is 2.18. The Bertz CT molecular complexity index is 598. The molecule has 0 amide bonds. The van der Waals surface area contributed by atoms with E-state index in [1.807, 2.05) is 0 Å². The minimum absolute atomic E-state index is 0.107. The molecule has 1 N–H and O–H groups in total. The molecule has 0 aliphatic carbocycles. The highest BCUT2D eigenvalue weighted by Gasteiger charge is 2.10. The van der Waals surface area contributed by atoms with Crippen molar-refractivity contribution in [3.05, 3.63) is 33.2 Å². The van der Waals surface area contributed by atoms with Crippen molar-refractivity contribution in [2.75, 3.05) is 0 Å². The third-order valence-corrected chi connectivity index (χ3v) is 2.67. The maximum Gasteiger partial charge on any atom is 0.419 e. The van der Waals surface area contributed by atoms with Gasteiger partial charge in [-0.1, -0.05) is 15.9 Å². The molecule has 0 unspecified atom stereocenters. The number of fused-ring (bicyclic) bond motifs is 1. The number of halogens is 1. The summed E-state index contributed by atoms with van der Waals surface area (Å²) in [6.07, 6.45) is -0.107. The van der Waals surface area contributed by atoms with Gasteiger partial charge in [-0.15, -0.1) is 0 Å². The highest BCUT2D eigenvalue weighted by atomic mass is 79.9. The number of nitrogens with zero attached hydrogens (tertiary/aromatic N) is 1. The Kier molecular flexibility index (Phi) is 2.82. The van der Waals surface area contributed by atoms with Crippen molar-refractivity contribution in [2.45, 2.75) is 13.0 Å². The fraction of sp³-hybridized carbons (Fsp3) is 0.200. The number of aryl methyl sites for hydroxylation is 1. The molecule has 0 fully saturated rings. The van der Waals surface area contributed by atoms with Gasteiger partial charge in [-0.2, -0.15) is 0 Å². The number of aliphatic carboxylic acids is 1. The van der Waals surface area contributed by atoms with Gasteiger partial charge in [0.25, 0.3) is 0 Å². The lowest BCUT2D eigenvalue weighted by Gasteiger charge is -1.98. The number of carboxylic acid groups (broad SMARTS) is 1. The summed E-state index contributed by atoms with van der Waals surface area (Å²) in [5, 5.41) is 8.57. The molecule has 1 heterocycles. The Balaban J connectivity index is 2.48. The van der Waals surface area contributed by atoms with Crippen LogP contribution in [0.15, 0.2) is 31.9 Å². The van der Waals surface area contributed by atoms with Gasteiger partial charge in [0.1, 0.15) is 0 Å². The zero-order valence-electron chi connectivity index (χ0n) is 8.14. The highest BCUT2D eigenvalue weighted by molar-refractivity contribution is 9.10. The molecular formula is C10H8BrNO4. The Morgan fingerprint density at radius 3 is 2.94 bits per heavy atom. The fourth-order valence-electron chi connectivity index (χ4n) is 1.46. The van der Waals surface area contributed by atoms with E-state index in [4.69, 9.17) is 9.52 Å². The molecule has 1 aromatic heterocycles. The molecular weight excluding hydrogens is 278 g/mol. The Morgan fingerprint density at radius 1 is 1.50 bits per heavy atom. The molecule has 6 heteroatoms. The summed E-state index contributed by atoms with van der Waals surface area (Å²) in [6, 6.07) is 5.16. The molecule has 0 bridgehead atoms. The summed E-state index contributed by atoms with van der Waals surface area (Å²) in [4.78, 5) is 21.9. The second-order valence-electron chi connectivity index (χ2n) is 3.28. The molecule has 0 radical (unpaired) electrons. The van der Waals surface area contributed by atoms with Crippen molar-refractivity contribution >= 4 is 33.0 Å². The van der Waals surface area contributed by atoms with Crippen LogP contribution in [-0.2, 0) is 11.3 Å². The molecule has 2 rings (SSSR count). The van der Waals surface area contributed by atoms with Crippen LogP contribution in [0, 0.1) is 0 Å². The normalized spacial score (nSPS) is 10.8. The van der Waals surface area contributed by atoms with E-state index in [0.717, 1.165) is 4.47 Å². The smallest absolute Gasteiger partial charge is 0.419 e. The zero-order chi connectivity index (χ0) is 11.7. The molecule has 0 aliphatic heterocycles. The van der Waals surface area contributed by atoms with Crippen LogP contribution in [0.2, 0.25) is 0 Å². The van der Waals surface area contributed by atoms with Gasteiger partial charge >= 0.3 is 11.7 Å². The van der Waals surface area contributed by atoms with Crippen LogP contribution in [0.25, 0.3) is 11.1 Å². The van der Waals surface area contributed by atoms with Crippen molar-refractivity contribution in [3.8, 4) is 0 Å². The average Bonchev–Trinajstić information content (AvgIpc) is 2.50. The summed E-state index contributed by atoms with van der Waals surface area (Å²) in [5.41, 5.74) is 1.05. The number of hydrogen-bond acceptors (Lipinski definition) is 3. The molecule has 0 atom stereocenters. The first-order valence-corrected chi connectivity index (χ1v) is 5.38. The van der Waals surface area contributed by atoms with Gasteiger partial charge < -0.3 is 9.52 Å². The van der Waals surface area contributed by atoms with E-state index in [2.05, 4.69) is 15.9 Å². The van der Waals surface area contributed by atoms with E-state index >= 15 is 0 Å². The van der Waals surface area contributed by atoms with Crippen LogP contribution in [0.1, 0.15) is 6.42 Å². The van der Waals surface area contributed by atoms with Gasteiger partial charge in [-0.25, -0.2) is 4.79 Å². The van der Waals surface area contributed by atoms with Crippen molar-refractivity contribution in [1.29, 1.82) is 0 Å². The van der Waals surface area contributed by atoms with Gasteiger partial charge in [-0.3, -0.25) is 9.36 Å². The van der Waals surface area contributed by atoms with E-state index in [1.54, 1.807) is 18.2 Å². The third kappa shape index (κ3) is 2.01. The molecule has 0 saturated carbocycles. The number of hydrogen-bond donors (Lipinski definition) is 1. The number of rotatable bonds is 3. The highest BCUT2D eigenvalue weighted by Crippen LogP contribution is 2.18. The summed E-state index contributed by atoms with van der Waals surface area (Å²) >= 11 is 3.26. The molecule has 1 aromatic carbocycles. The molecule has 0 spiro atoms. The number of oxazole rings is 1. The Morgan fingerprint density at radius 2 is 2.25 bits per heavy atom. The molecule has 0 aliphatic rings. The first-order chi connectivity index (χ1) is 7.58. The lowest BCUT2D eigenvalue weighted by molar-refractivity contribution is -0.137. The van der Waals surface area contributed by atoms with Crippen LogP contribution in [0.3, 0.4) is 0 Å². The summed E-state index contributed by atoms with van der Waals surface area (Å²) in [7, 11) is 0. The average molecular weight is 286 g/mol. The molecule has 84 valence electrons. The van der Waals surface area contributed by atoms with Crippen molar-refractivity contribution in [1.82, 2.24) is 4.57 Å². The van der Waals surface area contributed by atoms with Crippen molar-refractivity contribution in [3.63, 3.8) is 0 Å². The van der Waals surface area contributed by atoms with Crippen LogP contribution in [0.4, 0.5) is 0 Å². The van der Waals surface area contributed by atoms with Crippen LogP contribution in [-0.4, -0.2) is 15.6 Å². The quantitative estimate of drug-likeness (QED) is 0.934. The molecule has 5 nitrogen and oxygen atoms in total. The summed E-state index contributed by atoms with van der Waals surface area (Å²) < 4.78 is 7.12. The lowest BCUT2D eigenvalue weighted by atomic mass is 10.3. The van der Waals surface area contributed by atoms with E-state index in [0.29, 0.717) is 11.1 Å². The van der Waals surface area contributed by atoms with Gasteiger partial charge in [0.2, 0.25) is 0 Å². The van der Waals surface area contributed by atoms with E-state index < -0.39 is 11.7 Å². The van der Waals surface area contributed by atoms with E-state index in [1.165, 1.54) is 4.57 Å². The Labute approximate surface area is 98.4 Å². The second-order valence-corrected chi connectivity index (χ2v) is 4.19. The minimum Gasteiger partial charge on any atom is -0.481 e. The molecule has 2 aromatic rings. The van der Waals surface area contributed by atoms with Gasteiger partial charge in [0, 0.05) is 11.0 Å². The summed E-state index contributed by atoms with van der Waals surface area (Å²) in [5.74, 6) is -1.48. The van der Waals surface area contributed by atoms with Crippen molar-refractivity contribution < 1.29 is 14.3 Å².